The molecule has 1 atom stereocenters. The van der Waals surface area contributed by atoms with Gasteiger partial charge in [-0.25, -0.2) is 4.41 Å². The Hall–Kier alpha value is -0.750. The molecule has 1 heterocycles. The Kier molecular flexibility index (Phi) is 6.36. The lowest BCUT2D eigenvalue weighted by Gasteiger charge is -2.27. The van der Waals surface area contributed by atoms with Crippen LogP contribution in [0.15, 0.2) is 4.99 Å². The van der Waals surface area contributed by atoms with Gasteiger partial charge in [-0.15, -0.1) is 0 Å². The lowest BCUT2D eigenvalue weighted by Crippen LogP contribution is -2.49. The van der Waals surface area contributed by atoms with Crippen molar-refractivity contribution in [2.45, 2.75) is 58.5 Å². The summed E-state index contributed by atoms with van der Waals surface area (Å²) in [7, 11) is 0. The SMILES string of the molecule is CCCCCCCC1N=CN(S)N1NC(C)=O. The molecule has 0 saturated heterocycles. The van der Waals surface area contributed by atoms with Crippen LogP contribution in [0.2, 0.25) is 0 Å². The predicted molar refractivity (Wildman–Crippen MR) is 72.1 cm³/mol. The van der Waals surface area contributed by atoms with Gasteiger partial charge in [-0.3, -0.25) is 15.2 Å². The number of hydrogen-bond acceptors (Lipinski definition) is 5. The van der Waals surface area contributed by atoms with Crippen LogP contribution >= 0.6 is 12.8 Å². The maximum absolute atomic E-state index is 11.0. The van der Waals surface area contributed by atoms with Crippen molar-refractivity contribution in [2.75, 3.05) is 0 Å². The minimum atomic E-state index is -0.106. The second-order valence-corrected chi connectivity index (χ2v) is 4.69. The molecule has 0 spiro atoms. The molecule has 17 heavy (non-hydrogen) atoms. The van der Waals surface area contributed by atoms with Crippen LogP contribution in [0.5, 0.6) is 0 Å². The number of hydrogen-bond donors (Lipinski definition) is 2. The third kappa shape index (κ3) is 4.95. The molecule has 0 radical (unpaired) electrons. The number of hydrazine groups is 2. The van der Waals surface area contributed by atoms with Gasteiger partial charge in [0, 0.05) is 6.92 Å². The average molecular weight is 258 g/mol. The zero-order chi connectivity index (χ0) is 12.7. The van der Waals surface area contributed by atoms with Crippen molar-refractivity contribution in [1.29, 1.82) is 0 Å². The third-order valence-corrected chi connectivity index (χ3v) is 2.98. The van der Waals surface area contributed by atoms with Gasteiger partial charge in [-0.05, 0) is 25.7 Å². The summed E-state index contributed by atoms with van der Waals surface area (Å²) in [5, 5.41) is 1.66. The fourth-order valence-corrected chi connectivity index (χ4v) is 2.03. The first-order valence-electron chi connectivity index (χ1n) is 6.23. The van der Waals surface area contributed by atoms with E-state index >= 15 is 0 Å². The highest BCUT2D eigenvalue weighted by molar-refractivity contribution is 7.78. The molecule has 0 aromatic rings. The van der Waals surface area contributed by atoms with Crippen molar-refractivity contribution in [3.63, 3.8) is 0 Å². The molecule has 6 heteroatoms. The van der Waals surface area contributed by atoms with Gasteiger partial charge in [0.1, 0.15) is 12.5 Å². The van der Waals surface area contributed by atoms with Crippen LogP contribution in [0.4, 0.5) is 0 Å². The number of amides is 1. The molecular weight excluding hydrogens is 236 g/mol. The first-order valence-corrected chi connectivity index (χ1v) is 6.63. The smallest absolute Gasteiger partial charge is 0.232 e. The zero-order valence-corrected chi connectivity index (χ0v) is 11.5. The summed E-state index contributed by atoms with van der Waals surface area (Å²) >= 11 is 4.20. The molecule has 1 amide bonds. The number of carbonyl (C=O) groups excluding carboxylic acids is 1. The lowest BCUT2D eigenvalue weighted by molar-refractivity contribution is -0.128. The number of aliphatic imine (C=N–C) groups is 1. The van der Waals surface area contributed by atoms with Crippen molar-refractivity contribution >= 4 is 25.1 Å². The second-order valence-electron chi connectivity index (χ2n) is 4.28. The maximum Gasteiger partial charge on any atom is 0.232 e. The number of nitrogens with one attached hydrogen (secondary N) is 1. The lowest BCUT2D eigenvalue weighted by atomic mass is 10.1. The Labute approximate surface area is 109 Å². The molecule has 1 rings (SSSR count). The van der Waals surface area contributed by atoms with Gasteiger partial charge in [0.25, 0.3) is 0 Å². The Morgan fingerprint density at radius 2 is 2.12 bits per heavy atom. The Bertz CT molecular complexity index is 272. The molecule has 98 valence electrons. The third-order valence-electron chi connectivity index (χ3n) is 2.68. The maximum atomic E-state index is 11.0. The van der Waals surface area contributed by atoms with Crippen molar-refractivity contribution in [1.82, 2.24) is 15.0 Å². The predicted octanol–water partition coefficient (Wildman–Crippen LogP) is 2.13. The number of unbranched alkanes of at least 4 members (excludes halogenated alkanes) is 4. The molecule has 1 unspecified atom stereocenters. The molecule has 0 bridgehead atoms. The van der Waals surface area contributed by atoms with E-state index in [4.69, 9.17) is 0 Å². The van der Waals surface area contributed by atoms with E-state index in [0.29, 0.717) is 0 Å². The zero-order valence-electron chi connectivity index (χ0n) is 10.6. The number of carbonyl (C=O) groups is 1. The Balaban J connectivity index is 2.26. The summed E-state index contributed by atoms with van der Waals surface area (Å²) in [6.07, 6.45) is 8.72. The van der Waals surface area contributed by atoms with Crippen LogP contribution in [0.3, 0.4) is 0 Å². The van der Waals surface area contributed by atoms with Crippen molar-refractivity contribution in [3.05, 3.63) is 0 Å². The van der Waals surface area contributed by atoms with E-state index in [1.54, 1.807) is 11.5 Å². The Morgan fingerprint density at radius 1 is 1.41 bits per heavy atom. The molecule has 0 aromatic heterocycles. The van der Waals surface area contributed by atoms with E-state index in [1.807, 2.05) is 0 Å². The summed E-state index contributed by atoms with van der Waals surface area (Å²) in [5.41, 5.74) is 2.71. The van der Waals surface area contributed by atoms with Crippen LogP contribution in [0.25, 0.3) is 0 Å². The van der Waals surface area contributed by atoms with Gasteiger partial charge in [-0.2, -0.15) is 0 Å². The normalized spacial score (nSPS) is 19.9. The number of rotatable bonds is 7. The highest BCUT2D eigenvalue weighted by Crippen LogP contribution is 2.17. The molecule has 1 N–H and O–H groups in total. The van der Waals surface area contributed by atoms with E-state index in [9.17, 15) is 4.79 Å². The quantitative estimate of drug-likeness (QED) is 0.543. The topological polar surface area (TPSA) is 47.9 Å². The van der Waals surface area contributed by atoms with Gasteiger partial charge < -0.3 is 0 Å². The highest BCUT2D eigenvalue weighted by atomic mass is 32.1. The standard InChI is InChI=1S/C11H22N4OS/c1-3-4-5-6-7-8-11-12-9-14(17)15(11)13-10(2)16/h9,11,17H,3-8H2,1-2H3,(H,13,16). The van der Waals surface area contributed by atoms with Gasteiger partial charge in [0.05, 0.1) is 0 Å². The summed E-state index contributed by atoms with van der Waals surface area (Å²) in [6, 6.07) is 0. The molecule has 1 aliphatic rings. The van der Waals surface area contributed by atoms with E-state index in [1.165, 1.54) is 37.0 Å². The molecule has 0 aromatic carbocycles. The van der Waals surface area contributed by atoms with Crippen molar-refractivity contribution in [3.8, 4) is 0 Å². The molecular formula is C11H22N4OS. The summed E-state index contributed by atoms with van der Waals surface area (Å²) < 4.78 is 1.51. The van der Waals surface area contributed by atoms with E-state index in [2.05, 4.69) is 30.2 Å². The molecule has 5 nitrogen and oxygen atoms in total. The Morgan fingerprint density at radius 3 is 2.76 bits per heavy atom. The fourth-order valence-electron chi connectivity index (χ4n) is 1.81. The summed E-state index contributed by atoms with van der Waals surface area (Å²) in [5.74, 6) is -0.106. The van der Waals surface area contributed by atoms with E-state index in [0.717, 1.165) is 12.8 Å². The van der Waals surface area contributed by atoms with Crippen LogP contribution in [-0.2, 0) is 4.79 Å². The van der Waals surface area contributed by atoms with Gasteiger partial charge in [-0.1, -0.05) is 37.7 Å². The van der Waals surface area contributed by atoms with Crippen LogP contribution < -0.4 is 5.43 Å². The van der Waals surface area contributed by atoms with Crippen molar-refractivity contribution < 1.29 is 4.79 Å². The van der Waals surface area contributed by atoms with Gasteiger partial charge in [0.2, 0.25) is 5.91 Å². The fraction of sp³-hybridized carbons (Fsp3) is 0.818. The minimum absolute atomic E-state index is 0.0157. The molecule has 0 saturated carbocycles. The monoisotopic (exact) mass is 258 g/mol. The minimum Gasteiger partial charge on any atom is -0.274 e. The largest absolute Gasteiger partial charge is 0.274 e. The summed E-state index contributed by atoms with van der Waals surface area (Å²) in [6.45, 7) is 3.69. The molecule has 0 fully saturated rings. The van der Waals surface area contributed by atoms with Crippen LogP contribution in [0.1, 0.15) is 52.4 Å². The first-order chi connectivity index (χ1) is 8.15. The number of nitrogens with zero attached hydrogens (tertiary/aromatic N) is 3. The second kappa shape index (κ2) is 7.55. The van der Waals surface area contributed by atoms with E-state index < -0.39 is 0 Å². The van der Waals surface area contributed by atoms with Crippen LogP contribution in [-0.4, -0.2) is 27.9 Å². The number of thiol groups is 1. The van der Waals surface area contributed by atoms with E-state index in [-0.39, 0.29) is 12.1 Å². The van der Waals surface area contributed by atoms with Gasteiger partial charge in [0.15, 0.2) is 0 Å². The average Bonchev–Trinajstić information content (AvgIpc) is 2.60. The summed E-state index contributed by atoms with van der Waals surface area (Å²) in [4.78, 5) is 15.3. The molecule has 1 aliphatic heterocycles. The highest BCUT2D eigenvalue weighted by Gasteiger charge is 2.26. The van der Waals surface area contributed by atoms with Crippen LogP contribution in [0, 0.1) is 0 Å². The molecule has 0 aliphatic carbocycles. The van der Waals surface area contributed by atoms with Crippen molar-refractivity contribution in [2.24, 2.45) is 4.99 Å². The van der Waals surface area contributed by atoms with Gasteiger partial charge >= 0.3 is 0 Å². The first kappa shape index (κ1) is 14.3.